The first-order chi connectivity index (χ1) is 13.8. The molecule has 4 rings (SSSR count). The van der Waals surface area contributed by atoms with E-state index in [2.05, 4.69) is 18.8 Å². The van der Waals surface area contributed by atoms with Crippen LogP contribution < -0.4 is 5.73 Å². The van der Waals surface area contributed by atoms with Crippen molar-refractivity contribution in [3.8, 4) is 0 Å². The number of nitrogens with two attached hydrogens (primary N) is 1. The number of aliphatic hydroxyl groups is 3. The van der Waals surface area contributed by atoms with E-state index in [1.165, 1.54) is 0 Å². The van der Waals surface area contributed by atoms with Gasteiger partial charge in [-0.1, -0.05) is 19.9 Å². The molecule has 1 aromatic heterocycles. The topological polar surface area (TPSA) is 99.6 Å². The van der Waals surface area contributed by atoms with Crippen LogP contribution in [0.4, 0.5) is 0 Å². The number of aliphatic hydroxyl groups excluding tert-OH is 2. The fourth-order valence-electron chi connectivity index (χ4n) is 7.65. The third-order valence-electron chi connectivity index (χ3n) is 9.52. The second-order valence-electron chi connectivity index (χ2n) is 10.5. The summed E-state index contributed by atoms with van der Waals surface area (Å²) in [7, 11) is 0. The van der Waals surface area contributed by atoms with E-state index in [0.29, 0.717) is 30.7 Å². The maximum absolute atomic E-state index is 11.8. The van der Waals surface area contributed by atoms with Crippen LogP contribution in [0.3, 0.4) is 0 Å². The van der Waals surface area contributed by atoms with Crippen molar-refractivity contribution in [2.45, 2.75) is 70.5 Å². The van der Waals surface area contributed by atoms with Crippen LogP contribution in [0.15, 0.2) is 24.4 Å². The third kappa shape index (κ3) is 3.08. The first-order valence-electron chi connectivity index (χ1n) is 11.4. The van der Waals surface area contributed by atoms with Crippen LogP contribution in [0, 0.1) is 34.5 Å². The summed E-state index contributed by atoms with van der Waals surface area (Å²) in [6, 6.07) is 5.82. The zero-order valence-electron chi connectivity index (χ0n) is 17.9. The number of fused-ring (bicyclic) bond motifs is 1. The van der Waals surface area contributed by atoms with Gasteiger partial charge in [-0.2, -0.15) is 0 Å². The average Bonchev–Trinajstić information content (AvgIpc) is 3.01. The highest BCUT2D eigenvalue weighted by Crippen LogP contribution is 2.66. The average molecular weight is 403 g/mol. The second kappa shape index (κ2) is 7.60. The van der Waals surface area contributed by atoms with Crippen molar-refractivity contribution in [2.24, 2.45) is 40.2 Å². The molecule has 0 aromatic carbocycles. The van der Waals surface area contributed by atoms with Crippen molar-refractivity contribution in [2.75, 3.05) is 13.2 Å². The predicted octanol–water partition coefficient (Wildman–Crippen LogP) is 2.83. The van der Waals surface area contributed by atoms with Crippen LogP contribution in [0.5, 0.6) is 0 Å². The third-order valence-corrected chi connectivity index (χ3v) is 9.52. The molecule has 3 aliphatic rings. The molecular weight excluding hydrogens is 364 g/mol. The van der Waals surface area contributed by atoms with E-state index >= 15 is 0 Å². The van der Waals surface area contributed by atoms with Gasteiger partial charge in [-0.05, 0) is 92.7 Å². The summed E-state index contributed by atoms with van der Waals surface area (Å²) in [5.41, 5.74) is 6.05. The van der Waals surface area contributed by atoms with Crippen LogP contribution in [0.1, 0.15) is 64.5 Å². The molecular formula is C24H38N2O3. The summed E-state index contributed by atoms with van der Waals surface area (Å²) in [6.45, 7) is 5.30. The Hall–Kier alpha value is -1.01. The molecule has 1 heterocycles. The van der Waals surface area contributed by atoms with Crippen molar-refractivity contribution in [1.29, 1.82) is 0 Å². The van der Waals surface area contributed by atoms with Gasteiger partial charge in [0.2, 0.25) is 0 Å². The monoisotopic (exact) mass is 402 g/mol. The summed E-state index contributed by atoms with van der Waals surface area (Å²) in [4.78, 5) is 4.53. The van der Waals surface area contributed by atoms with E-state index in [-0.39, 0.29) is 29.5 Å². The molecule has 0 amide bonds. The Kier molecular flexibility index (Phi) is 5.56. The molecule has 3 aliphatic carbocycles. The standard InChI is InChI=1S/C24H38N2O3/c1-22(9-6-17(28)13-16(22)15-27)19-7-10-23(2)20(18(19)14-25)8-11-24(23,29)21-5-3-4-12-26-21/h3-5,12,16-20,27-29H,6-11,13-15,25H2,1-2H3/t16-,17+,18-,19+,20+,22+,23+,24-/m1/s1. The van der Waals surface area contributed by atoms with Crippen LogP contribution in [0.25, 0.3) is 0 Å². The number of nitrogens with zero attached hydrogens (tertiary/aromatic N) is 1. The number of rotatable bonds is 4. The summed E-state index contributed by atoms with van der Waals surface area (Å²) in [5, 5.41) is 32.1. The molecule has 0 aliphatic heterocycles. The van der Waals surface area contributed by atoms with E-state index in [1.54, 1.807) is 6.20 Å². The van der Waals surface area contributed by atoms with Gasteiger partial charge in [-0.15, -0.1) is 0 Å². The lowest BCUT2D eigenvalue weighted by Crippen LogP contribution is -2.55. The highest BCUT2D eigenvalue weighted by molar-refractivity contribution is 5.23. The van der Waals surface area contributed by atoms with Crippen molar-refractivity contribution < 1.29 is 15.3 Å². The number of aromatic nitrogens is 1. The highest BCUT2D eigenvalue weighted by Gasteiger charge is 2.64. The molecule has 3 saturated carbocycles. The van der Waals surface area contributed by atoms with Gasteiger partial charge < -0.3 is 21.1 Å². The lowest BCUT2D eigenvalue weighted by molar-refractivity contribution is -0.145. The zero-order valence-corrected chi connectivity index (χ0v) is 17.9. The molecule has 0 radical (unpaired) electrons. The Labute approximate surface area is 174 Å². The van der Waals surface area contributed by atoms with E-state index in [1.807, 2.05) is 18.2 Å². The maximum Gasteiger partial charge on any atom is 0.112 e. The van der Waals surface area contributed by atoms with Gasteiger partial charge in [-0.3, -0.25) is 4.98 Å². The van der Waals surface area contributed by atoms with Crippen LogP contribution in [-0.2, 0) is 5.60 Å². The molecule has 0 spiro atoms. The van der Waals surface area contributed by atoms with Gasteiger partial charge in [-0.25, -0.2) is 0 Å². The molecule has 5 N–H and O–H groups in total. The van der Waals surface area contributed by atoms with E-state index in [4.69, 9.17) is 5.73 Å². The lowest BCUT2D eigenvalue weighted by atomic mass is 9.48. The lowest BCUT2D eigenvalue weighted by Gasteiger charge is -2.58. The minimum absolute atomic E-state index is 0.00888. The molecule has 0 saturated heterocycles. The largest absolute Gasteiger partial charge is 0.396 e. The van der Waals surface area contributed by atoms with Crippen molar-refractivity contribution in [3.63, 3.8) is 0 Å². The summed E-state index contributed by atoms with van der Waals surface area (Å²) in [6.07, 6.45) is 7.55. The smallest absolute Gasteiger partial charge is 0.112 e. The molecule has 29 heavy (non-hydrogen) atoms. The molecule has 3 fully saturated rings. The minimum atomic E-state index is -0.905. The summed E-state index contributed by atoms with van der Waals surface area (Å²) < 4.78 is 0. The fourth-order valence-corrected chi connectivity index (χ4v) is 7.65. The Bertz CT molecular complexity index is 715. The van der Waals surface area contributed by atoms with E-state index in [9.17, 15) is 15.3 Å². The molecule has 1 aromatic rings. The van der Waals surface area contributed by atoms with Crippen molar-refractivity contribution in [1.82, 2.24) is 4.98 Å². The predicted molar refractivity (Wildman–Crippen MR) is 113 cm³/mol. The first kappa shape index (κ1) is 21.2. The Morgan fingerprint density at radius 1 is 1.10 bits per heavy atom. The Balaban J connectivity index is 1.66. The van der Waals surface area contributed by atoms with Gasteiger partial charge in [0.05, 0.1) is 11.8 Å². The summed E-state index contributed by atoms with van der Waals surface area (Å²) >= 11 is 0. The van der Waals surface area contributed by atoms with E-state index < -0.39 is 5.60 Å². The molecule has 0 unspecified atom stereocenters. The van der Waals surface area contributed by atoms with Crippen molar-refractivity contribution in [3.05, 3.63) is 30.1 Å². The number of hydrogen-bond donors (Lipinski definition) is 4. The van der Waals surface area contributed by atoms with Gasteiger partial charge in [0.1, 0.15) is 5.60 Å². The van der Waals surface area contributed by atoms with Gasteiger partial charge in [0.15, 0.2) is 0 Å². The van der Waals surface area contributed by atoms with Gasteiger partial charge >= 0.3 is 0 Å². The molecule has 162 valence electrons. The van der Waals surface area contributed by atoms with Crippen LogP contribution in [-0.4, -0.2) is 39.6 Å². The molecule has 5 heteroatoms. The quantitative estimate of drug-likeness (QED) is 0.621. The van der Waals surface area contributed by atoms with Crippen molar-refractivity contribution >= 4 is 0 Å². The Morgan fingerprint density at radius 2 is 1.86 bits per heavy atom. The highest BCUT2D eigenvalue weighted by atomic mass is 16.3. The zero-order chi connectivity index (χ0) is 20.9. The SMILES string of the molecule is C[C@]1([C@H]2CC[C@@]3(C)[C@@H](CC[C@@]3(O)c3ccccn3)[C@@H]2CN)CC[C@H](O)C[C@@H]1CO. The number of hydrogen-bond acceptors (Lipinski definition) is 5. The van der Waals surface area contributed by atoms with Gasteiger partial charge in [0, 0.05) is 18.2 Å². The maximum atomic E-state index is 11.8. The second-order valence-corrected chi connectivity index (χ2v) is 10.5. The van der Waals surface area contributed by atoms with E-state index in [0.717, 1.165) is 44.2 Å². The summed E-state index contributed by atoms with van der Waals surface area (Å²) in [5.74, 6) is 1.20. The number of pyridine rings is 1. The normalized spacial score (nSPS) is 47.7. The first-order valence-corrected chi connectivity index (χ1v) is 11.4. The minimum Gasteiger partial charge on any atom is -0.396 e. The Morgan fingerprint density at radius 3 is 2.52 bits per heavy atom. The van der Waals surface area contributed by atoms with Crippen LogP contribution >= 0.6 is 0 Å². The van der Waals surface area contributed by atoms with Gasteiger partial charge in [0.25, 0.3) is 0 Å². The fraction of sp³-hybridized carbons (Fsp3) is 0.792. The van der Waals surface area contributed by atoms with Crippen LogP contribution in [0.2, 0.25) is 0 Å². The molecule has 8 atom stereocenters. The molecule has 0 bridgehead atoms. The molecule has 5 nitrogen and oxygen atoms in total.